The molecule has 0 radical (unpaired) electrons. The van der Waals surface area contributed by atoms with E-state index in [1.807, 2.05) is 6.07 Å². The van der Waals surface area contributed by atoms with E-state index in [1.54, 1.807) is 23.1 Å². The minimum Gasteiger partial charge on any atom is -0.396 e. The smallest absolute Gasteiger partial charge is 0.169 e. The standard InChI is InChI=1S/C9H9N3OS/c1-6(13)8-5-7(10)9(14-8)12-4-2-3-11-12/h2-5H,10H2,1H3. The molecule has 0 saturated carbocycles. The van der Waals surface area contributed by atoms with Gasteiger partial charge in [-0.1, -0.05) is 0 Å². The molecule has 0 fully saturated rings. The highest BCUT2D eigenvalue weighted by atomic mass is 32.1. The first kappa shape index (κ1) is 8.96. The number of nitrogen functional groups attached to an aromatic ring is 1. The van der Waals surface area contributed by atoms with Crippen molar-refractivity contribution in [1.29, 1.82) is 0 Å². The summed E-state index contributed by atoms with van der Waals surface area (Å²) in [7, 11) is 0. The molecular formula is C9H9N3OS. The number of carbonyl (C=O) groups is 1. The average molecular weight is 207 g/mol. The highest BCUT2D eigenvalue weighted by molar-refractivity contribution is 7.17. The normalized spacial score (nSPS) is 10.4. The topological polar surface area (TPSA) is 60.9 Å². The molecule has 2 aromatic rings. The SMILES string of the molecule is CC(=O)c1cc(N)c(-n2cccn2)s1. The molecule has 72 valence electrons. The van der Waals surface area contributed by atoms with E-state index in [0.717, 1.165) is 5.00 Å². The Morgan fingerprint density at radius 3 is 2.93 bits per heavy atom. The third kappa shape index (κ3) is 1.42. The lowest BCUT2D eigenvalue weighted by Crippen LogP contribution is -1.94. The second-order valence-corrected chi connectivity index (χ2v) is 3.91. The Morgan fingerprint density at radius 2 is 2.43 bits per heavy atom. The lowest BCUT2D eigenvalue weighted by Gasteiger charge is -1.96. The van der Waals surface area contributed by atoms with Gasteiger partial charge in [0, 0.05) is 12.4 Å². The van der Waals surface area contributed by atoms with Crippen LogP contribution in [0.5, 0.6) is 0 Å². The van der Waals surface area contributed by atoms with Crippen LogP contribution in [-0.2, 0) is 0 Å². The molecule has 0 aromatic carbocycles. The molecule has 0 saturated heterocycles. The predicted octanol–water partition coefficient (Wildman–Crippen LogP) is 1.72. The van der Waals surface area contributed by atoms with E-state index in [4.69, 9.17) is 5.73 Å². The monoisotopic (exact) mass is 207 g/mol. The highest BCUT2D eigenvalue weighted by Gasteiger charge is 2.10. The van der Waals surface area contributed by atoms with Gasteiger partial charge >= 0.3 is 0 Å². The van der Waals surface area contributed by atoms with Crippen molar-refractivity contribution >= 4 is 22.8 Å². The van der Waals surface area contributed by atoms with Crippen LogP contribution in [0.2, 0.25) is 0 Å². The van der Waals surface area contributed by atoms with E-state index in [9.17, 15) is 4.79 Å². The number of thiophene rings is 1. The van der Waals surface area contributed by atoms with Crippen molar-refractivity contribution in [2.75, 3.05) is 5.73 Å². The van der Waals surface area contributed by atoms with Gasteiger partial charge in [0.25, 0.3) is 0 Å². The number of nitrogens with two attached hydrogens (primary N) is 1. The maximum atomic E-state index is 11.1. The summed E-state index contributed by atoms with van der Waals surface area (Å²) in [6.45, 7) is 1.53. The van der Waals surface area contributed by atoms with Crippen molar-refractivity contribution in [3.8, 4) is 5.00 Å². The van der Waals surface area contributed by atoms with Crippen molar-refractivity contribution in [3.63, 3.8) is 0 Å². The molecule has 0 aliphatic heterocycles. The van der Waals surface area contributed by atoms with Crippen LogP contribution < -0.4 is 5.73 Å². The zero-order chi connectivity index (χ0) is 10.1. The summed E-state index contributed by atoms with van der Waals surface area (Å²) in [5, 5.41) is 4.85. The van der Waals surface area contributed by atoms with Gasteiger partial charge in [0.2, 0.25) is 0 Å². The quantitative estimate of drug-likeness (QED) is 0.763. The summed E-state index contributed by atoms with van der Waals surface area (Å²) < 4.78 is 1.66. The summed E-state index contributed by atoms with van der Waals surface area (Å²) in [5.74, 6) is 0.0279. The van der Waals surface area contributed by atoms with Gasteiger partial charge in [0.15, 0.2) is 5.78 Å². The first-order valence-corrected chi connectivity index (χ1v) is 4.90. The van der Waals surface area contributed by atoms with Crippen LogP contribution >= 0.6 is 11.3 Å². The van der Waals surface area contributed by atoms with Gasteiger partial charge in [0.1, 0.15) is 5.00 Å². The van der Waals surface area contributed by atoms with Crippen LogP contribution in [0, 0.1) is 0 Å². The van der Waals surface area contributed by atoms with Crippen molar-refractivity contribution in [3.05, 3.63) is 29.4 Å². The number of Topliss-reactive ketones (excluding diaryl/α,β-unsaturated/α-hetero) is 1. The van der Waals surface area contributed by atoms with Gasteiger partial charge in [-0.15, -0.1) is 11.3 Å². The van der Waals surface area contributed by atoms with Crippen molar-refractivity contribution in [2.24, 2.45) is 0 Å². The van der Waals surface area contributed by atoms with E-state index >= 15 is 0 Å². The molecule has 0 bridgehead atoms. The second kappa shape index (κ2) is 3.26. The molecule has 5 heteroatoms. The summed E-state index contributed by atoms with van der Waals surface area (Å²) >= 11 is 1.35. The van der Waals surface area contributed by atoms with Crippen LogP contribution in [0.15, 0.2) is 24.5 Å². The van der Waals surface area contributed by atoms with Crippen LogP contribution in [-0.4, -0.2) is 15.6 Å². The predicted molar refractivity (Wildman–Crippen MR) is 55.9 cm³/mol. The molecule has 4 nitrogen and oxygen atoms in total. The molecule has 0 unspecified atom stereocenters. The maximum absolute atomic E-state index is 11.1. The number of hydrogen-bond acceptors (Lipinski definition) is 4. The fourth-order valence-electron chi connectivity index (χ4n) is 1.14. The second-order valence-electron chi connectivity index (χ2n) is 2.88. The fraction of sp³-hybridized carbons (Fsp3) is 0.111. The van der Waals surface area contributed by atoms with Gasteiger partial charge in [-0.3, -0.25) is 4.79 Å². The number of anilines is 1. The Labute approximate surface area is 85.0 Å². The fourth-order valence-corrected chi connectivity index (χ4v) is 2.05. The first-order chi connectivity index (χ1) is 6.68. The lowest BCUT2D eigenvalue weighted by molar-refractivity contribution is 0.102. The largest absolute Gasteiger partial charge is 0.396 e. The van der Waals surface area contributed by atoms with E-state index in [-0.39, 0.29) is 5.78 Å². The number of carbonyl (C=O) groups excluding carboxylic acids is 1. The zero-order valence-electron chi connectivity index (χ0n) is 7.60. The number of aromatic nitrogens is 2. The minimum absolute atomic E-state index is 0.0279. The summed E-state index contributed by atoms with van der Waals surface area (Å²) in [6.07, 6.45) is 3.47. The number of rotatable bonds is 2. The molecule has 2 rings (SSSR count). The van der Waals surface area contributed by atoms with Crippen molar-refractivity contribution in [1.82, 2.24) is 9.78 Å². The molecule has 14 heavy (non-hydrogen) atoms. The zero-order valence-corrected chi connectivity index (χ0v) is 8.41. The Morgan fingerprint density at radius 1 is 1.64 bits per heavy atom. The first-order valence-electron chi connectivity index (χ1n) is 4.09. The van der Waals surface area contributed by atoms with Crippen molar-refractivity contribution in [2.45, 2.75) is 6.92 Å². The maximum Gasteiger partial charge on any atom is 0.169 e. The molecule has 2 heterocycles. The number of nitrogens with zero attached hydrogens (tertiary/aromatic N) is 2. The van der Waals surface area contributed by atoms with Gasteiger partial charge in [-0.05, 0) is 19.1 Å². The van der Waals surface area contributed by atoms with Gasteiger partial charge in [-0.2, -0.15) is 5.10 Å². The molecule has 0 spiro atoms. The lowest BCUT2D eigenvalue weighted by atomic mass is 10.3. The highest BCUT2D eigenvalue weighted by Crippen LogP contribution is 2.28. The van der Waals surface area contributed by atoms with Gasteiger partial charge in [0.05, 0.1) is 10.6 Å². The number of hydrogen-bond donors (Lipinski definition) is 1. The van der Waals surface area contributed by atoms with Crippen LogP contribution in [0.3, 0.4) is 0 Å². The number of ketones is 1. The summed E-state index contributed by atoms with van der Waals surface area (Å²) in [5.41, 5.74) is 6.35. The molecule has 0 atom stereocenters. The van der Waals surface area contributed by atoms with E-state index in [1.165, 1.54) is 18.3 Å². The molecule has 2 N–H and O–H groups in total. The Kier molecular flexibility index (Phi) is 2.09. The minimum atomic E-state index is 0.0279. The van der Waals surface area contributed by atoms with Crippen LogP contribution in [0.1, 0.15) is 16.6 Å². The molecule has 0 aliphatic carbocycles. The third-order valence-electron chi connectivity index (χ3n) is 1.80. The van der Waals surface area contributed by atoms with E-state index in [0.29, 0.717) is 10.6 Å². The Hall–Kier alpha value is -1.62. The van der Waals surface area contributed by atoms with Crippen LogP contribution in [0.25, 0.3) is 5.00 Å². The summed E-state index contributed by atoms with van der Waals surface area (Å²) in [4.78, 5) is 11.8. The Balaban J connectivity index is 2.50. The van der Waals surface area contributed by atoms with Gasteiger partial charge < -0.3 is 5.73 Å². The molecular weight excluding hydrogens is 198 g/mol. The van der Waals surface area contributed by atoms with E-state index in [2.05, 4.69) is 5.10 Å². The average Bonchev–Trinajstić information content (AvgIpc) is 2.71. The van der Waals surface area contributed by atoms with Crippen molar-refractivity contribution < 1.29 is 4.79 Å². The van der Waals surface area contributed by atoms with E-state index < -0.39 is 0 Å². The van der Waals surface area contributed by atoms with Crippen LogP contribution in [0.4, 0.5) is 5.69 Å². The molecule has 0 aliphatic rings. The molecule has 0 amide bonds. The molecule has 2 aromatic heterocycles. The third-order valence-corrected chi connectivity index (χ3v) is 3.04. The Bertz CT molecular complexity index is 458. The van der Waals surface area contributed by atoms with Gasteiger partial charge in [-0.25, -0.2) is 4.68 Å². The summed E-state index contributed by atoms with van der Waals surface area (Å²) in [6, 6.07) is 3.50.